The zero-order valence-electron chi connectivity index (χ0n) is 11.3. The second-order valence-corrected chi connectivity index (χ2v) is 7.74. The van der Waals surface area contributed by atoms with Crippen molar-refractivity contribution in [3.63, 3.8) is 0 Å². The molecule has 106 valence electrons. The van der Waals surface area contributed by atoms with Crippen LogP contribution >= 0.6 is 0 Å². The summed E-state index contributed by atoms with van der Waals surface area (Å²) in [6, 6.07) is 0.150. The van der Waals surface area contributed by atoms with Crippen LogP contribution in [0.2, 0.25) is 0 Å². The zero-order chi connectivity index (χ0) is 13.2. The summed E-state index contributed by atoms with van der Waals surface area (Å²) in [5, 5.41) is 0. The first-order chi connectivity index (χ1) is 8.58. The summed E-state index contributed by atoms with van der Waals surface area (Å²) < 4.78 is 26.7. The van der Waals surface area contributed by atoms with Crippen molar-refractivity contribution in [2.45, 2.75) is 51.5 Å². The molecule has 2 aliphatic carbocycles. The normalized spacial score (nSPS) is 29.7. The van der Waals surface area contributed by atoms with E-state index >= 15 is 0 Å². The largest absolute Gasteiger partial charge is 0.330 e. The number of nitrogens with zero attached hydrogens (tertiary/aromatic N) is 1. The zero-order valence-corrected chi connectivity index (χ0v) is 12.2. The van der Waals surface area contributed by atoms with Gasteiger partial charge in [-0.1, -0.05) is 19.8 Å². The minimum atomic E-state index is -3.07. The van der Waals surface area contributed by atoms with E-state index in [0.717, 1.165) is 32.1 Å². The van der Waals surface area contributed by atoms with Crippen molar-refractivity contribution in [2.24, 2.45) is 17.6 Å². The summed E-state index contributed by atoms with van der Waals surface area (Å²) >= 11 is 0. The van der Waals surface area contributed by atoms with Crippen LogP contribution in [0.5, 0.6) is 0 Å². The average Bonchev–Trinajstić information content (AvgIpc) is 3.13. The lowest BCUT2D eigenvalue weighted by molar-refractivity contribution is 0.187. The molecular weight excluding hydrogens is 248 g/mol. The third kappa shape index (κ3) is 3.25. The van der Waals surface area contributed by atoms with Gasteiger partial charge in [-0.2, -0.15) is 4.31 Å². The van der Waals surface area contributed by atoms with Crippen molar-refractivity contribution in [2.75, 3.05) is 18.8 Å². The molecule has 0 amide bonds. The summed E-state index contributed by atoms with van der Waals surface area (Å²) in [6.07, 6.45) is 6.56. The van der Waals surface area contributed by atoms with Crippen LogP contribution in [-0.2, 0) is 10.0 Å². The van der Waals surface area contributed by atoms with E-state index in [9.17, 15) is 8.42 Å². The summed E-state index contributed by atoms with van der Waals surface area (Å²) in [6.45, 7) is 3.16. The Morgan fingerprint density at radius 2 is 1.83 bits per heavy atom. The highest BCUT2D eigenvalue weighted by Crippen LogP contribution is 2.34. The van der Waals surface area contributed by atoms with Crippen LogP contribution in [0.25, 0.3) is 0 Å². The third-order valence-corrected chi connectivity index (χ3v) is 6.49. The van der Waals surface area contributed by atoms with Crippen LogP contribution in [0.1, 0.15) is 45.4 Å². The van der Waals surface area contributed by atoms with E-state index in [2.05, 4.69) is 0 Å². The second kappa shape index (κ2) is 5.88. The Kier molecular flexibility index (Phi) is 4.67. The SMILES string of the molecule is CCN(C1CCCCC1CN)S(=O)(=O)CC1CC1. The molecule has 5 heteroatoms. The number of nitrogens with two attached hydrogens (primary N) is 1. The van der Waals surface area contributed by atoms with E-state index in [1.165, 1.54) is 6.42 Å². The minimum absolute atomic E-state index is 0.150. The number of rotatable bonds is 6. The van der Waals surface area contributed by atoms with Gasteiger partial charge in [0.15, 0.2) is 0 Å². The van der Waals surface area contributed by atoms with Crippen LogP contribution in [0.3, 0.4) is 0 Å². The molecule has 2 saturated carbocycles. The van der Waals surface area contributed by atoms with E-state index in [1.807, 2.05) is 6.92 Å². The van der Waals surface area contributed by atoms with E-state index < -0.39 is 10.0 Å². The molecule has 2 fully saturated rings. The van der Waals surface area contributed by atoms with Gasteiger partial charge in [0.25, 0.3) is 0 Å². The Morgan fingerprint density at radius 1 is 1.17 bits per heavy atom. The molecule has 0 bridgehead atoms. The molecule has 0 spiro atoms. The first-order valence-corrected chi connectivity index (χ1v) is 8.89. The molecule has 0 aromatic heterocycles. The molecule has 0 saturated heterocycles. The maximum absolute atomic E-state index is 12.5. The van der Waals surface area contributed by atoms with Crippen molar-refractivity contribution in [3.05, 3.63) is 0 Å². The van der Waals surface area contributed by atoms with E-state index in [0.29, 0.717) is 30.7 Å². The maximum Gasteiger partial charge on any atom is 0.214 e. The van der Waals surface area contributed by atoms with E-state index in [4.69, 9.17) is 5.73 Å². The standard InChI is InChI=1S/C13H26N2O2S/c1-2-15(18(16,17)10-11-7-8-11)13-6-4-3-5-12(13)9-14/h11-13H,2-10,14H2,1H3. The van der Waals surface area contributed by atoms with Crippen molar-refractivity contribution in [1.82, 2.24) is 4.31 Å². The minimum Gasteiger partial charge on any atom is -0.330 e. The van der Waals surface area contributed by atoms with Gasteiger partial charge in [-0.25, -0.2) is 8.42 Å². The fourth-order valence-corrected chi connectivity index (χ4v) is 5.36. The van der Waals surface area contributed by atoms with Crippen LogP contribution in [0, 0.1) is 11.8 Å². The summed E-state index contributed by atoms with van der Waals surface area (Å²) in [4.78, 5) is 0. The van der Waals surface area contributed by atoms with Crippen molar-refractivity contribution < 1.29 is 8.42 Å². The Hall–Kier alpha value is -0.130. The van der Waals surface area contributed by atoms with Gasteiger partial charge in [-0.15, -0.1) is 0 Å². The van der Waals surface area contributed by atoms with Gasteiger partial charge in [-0.05, 0) is 44.1 Å². The summed E-state index contributed by atoms with van der Waals surface area (Å²) in [5.74, 6) is 1.13. The second-order valence-electron chi connectivity index (χ2n) is 5.77. The van der Waals surface area contributed by atoms with Gasteiger partial charge in [0.05, 0.1) is 5.75 Å². The van der Waals surface area contributed by atoms with Gasteiger partial charge < -0.3 is 5.73 Å². The predicted octanol–water partition coefficient (Wildman–Crippen LogP) is 1.57. The Morgan fingerprint density at radius 3 is 2.39 bits per heavy atom. The van der Waals surface area contributed by atoms with E-state index in [-0.39, 0.29) is 6.04 Å². The topological polar surface area (TPSA) is 63.4 Å². The molecule has 0 aromatic carbocycles. The maximum atomic E-state index is 12.5. The number of hydrogen-bond acceptors (Lipinski definition) is 3. The highest BCUT2D eigenvalue weighted by Gasteiger charge is 2.38. The molecule has 2 unspecified atom stereocenters. The molecule has 0 aromatic rings. The molecule has 2 aliphatic rings. The Balaban J connectivity index is 2.09. The average molecular weight is 274 g/mol. The van der Waals surface area contributed by atoms with Crippen LogP contribution in [0.15, 0.2) is 0 Å². The molecular formula is C13H26N2O2S. The van der Waals surface area contributed by atoms with Gasteiger partial charge >= 0.3 is 0 Å². The number of hydrogen-bond donors (Lipinski definition) is 1. The fraction of sp³-hybridized carbons (Fsp3) is 1.00. The Labute approximate surface area is 111 Å². The molecule has 2 N–H and O–H groups in total. The Bertz CT molecular complexity index is 365. The quantitative estimate of drug-likeness (QED) is 0.799. The number of sulfonamides is 1. The monoisotopic (exact) mass is 274 g/mol. The molecule has 4 nitrogen and oxygen atoms in total. The lowest BCUT2D eigenvalue weighted by Crippen LogP contribution is -2.48. The van der Waals surface area contributed by atoms with Gasteiger partial charge in [-0.3, -0.25) is 0 Å². The van der Waals surface area contributed by atoms with Crippen LogP contribution in [-0.4, -0.2) is 37.6 Å². The van der Waals surface area contributed by atoms with E-state index in [1.54, 1.807) is 4.31 Å². The van der Waals surface area contributed by atoms with Crippen molar-refractivity contribution in [3.8, 4) is 0 Å². The third-order valence-electron chi connectivity index (χ3n) is 4.35. The first-order valence-electron chi connectivity index (χ1n) is 7.28. The summed E-state index contributed by atoms with van der Waals surface area (Å²) in [7, 11) is -3.07. The van der Waals surface area contributed by atoms with Gasteiger partial charge in [0, 0.05) is 12.6 Å². The molecule has 18 heavy (non-hydrogen) atoms. The summed E-state index contributed by atoms with van der Waals surface area (Å²) in [5.41, 5.74) is 5.82. The molecule has 0 radical (unpaired) electrons. The fourth-order valence-electron chi connectivity index (χ4n) is 3.16. The van der Waals surface area contributed by atoms with Crippen molar-refractivity contribution in [1.29, 1.82) is 0 Å². The van der Waals surface area contributed by atoms with Gasteiger partial charge in [0.1, 0.15) is 0 Å². The predicted molar refractivity (Wildman–Crippen MR) is 73.7 cm³/mol. The molecule has 0 aliphatic heterocycles. The molecule has 2 atom stereocenters. The van der Waals surface area contributed by atoms with Gasteiger partial charge in [0.2, 0.25) is 10.0 Å². The lowest BCUT2D eigenvalue weighted by atomic mass is 9.84. The van der Waals surface area contributed by atoms with Crippen LogP contribution in [0.4, 0.5) is 0 Å². The highest BCUT2D eigenvalue weighted by atomic mass is 32.2. The molecule has 2 rings (SSSR count). The van der Waals surface area contributed by atoms with Crippen LogP contribution < -0.4 is 5.73 Å². The smallest absolute Gasteiger partial charge is 0.214 e. The lowest BCUT2D eigenvalue weighted by Gasteiger charge is -2.38. The first kappa shape index (κ1) is 14.3. The highest BCUT2D eigenvalue weighted by molar-refractivity contribution is 7.89. The molecule has 0 heterocycles. The van der Waals surface area contributed by atoms with Crippen molar-refractivity contribution >= 4 is 10.0 Å².